The Morgan fingerprint density at radius 1 is 1.44 bits per heavy atom. The van der Waals surface area contributed by atoms with Crippen LogP contribution in [0.5, 0.6) is 0 Å². The highest BCUT2D eigenvalue weighted by atomic mass is 32.1. The Labute approximate surface area is 109 Å². The normalized spacial score (nSPS) is 12.7. The van der Waals surface area contributed by atoms with Crippen LogP contribution in [0, 0.1) is 0 Å². The summed E-state index contributed by atoms with van der Waals surface area (Å²) in [6.07, 6.45) is 3.57. The molecule has 18 heavy (non-hydrogen) atoms. The lowest BCUT2D eigenvalue weighted by Gasteiger charge is -2.06. The fraction of sp³-hybridized carbons (Fsp3) is 0.154. The number of nitrogens with zero attached hydrogens (tertiary/aromatic N) is 2. The van der Waals surface area contributed by atoms with E-state index in [0.29, 0.717) is 11.4 Å². The van der Waals surface area contributed by atoms with Gasteiger partial charge in [-0.2, -0.15) is 0 Å². The number of hydrogen-bond acceptors (Lipinski definition) is 4. The average Bonchev–Trinajstić information content (AvgIpc) is 2.88. The molecule has 0 saturated carbocycles. The lowest BCUT2D eigenvalue weighted by molar-refractivity contribution is -0.138. The van der Waals surface area contributed by atoms with Gasteiger partial charge in [0.15, 0.2) is 6.04 Å². The molecule has 0 spiro atoms. The van der Waals surface area contributed by atoms with Gasteiger partial charge >= 0.3 is 5.97 Å². The van der Waals surface area contributed by atoms with Crippen LogP contribution in [0.25, 0.3) is 0 Å². The first-order chi connectivity index (χ1) is 8.75. The predicted octanol–water partition coefficient (Wildman–Crippen LogP) is 2.26. The third-order valence-electron chi connectivity index (χ3n) is 2.37. The highest BCUT2D eigenvalue weighted by Gasteiger charge is 2.15. The van der Waals surface area contributed by atoms with Crippen molar-refractivity contribution < 1.29 is 9.90 Å². The minimum atomic E-state index is -0.924. The van der Waals surface area contributed by atoms with Crippen LogP contribution in [0.4, 0.5) is 0 Å². The smallest absolute Gasteiger partial charge is 0.328 e. The predicted molar refractivity (Wildman–Crippen MR) is 71.3 cm³/mol. The van der Waals surface area contributed by atoms with E-state index in [2.05, 4.69) is 9.98 Å². The molecule has 92 valence electrons. The van der Waals surface area contributed by atoms with Gasteiger partial charge in [-0.25, -0.2) is 9.78 Å². The molecular formula is C13H12N2O2S. The maximum atomic E-state index is 11.1. The molecule has 0 aliphatic carbocycles. The van der Waals surface area contributed by atoms with E-state index in [4.69, 9.17) is 5.11 Å². The van der Waals surface area contributed by atoms with Crippen molar-refractivity contribution in [1.82, 2.24) is 4.98 Å². The van der Waals surface area contributed by atoms with Gasteiger partial charge < -0.3 is 5.11 Å². The van der Waals surface area contributed by atoms with Crippen molar-refractivity contribution in [2.75, 3.05) is 0 Å². The van der Waals surface area contributed by atoms with Crippen molar-refractivity contribution >= 4 is 23.5 Å². The van der Waals surface area contributed by atoms with E-state index in [0.717, 1.165) is 5.56 Å². The highest BCUT2D eigenvalue weighted by Crippen LogP contribution is 2.07. The molecule has 1 aromatic heterocycles. The molecule has 0 saturated heterocycles. The monoisotopic (exact) mass is 260 g/mol. The largest absolute Gasteiger partial charge is 0.480 e. The second kappa shape index (κ2) is 6.07. The number of hydrogen-bond donors (Lipinski definition) is 1. The maximum Gasteiger partial charge on any atom is 0.328 e. The van der Waals surface area contributed by atoms with E-state index in [9.17, 15) is 4.79 Å². The molecule has 0 amide bonds. The van der Waals surface area contributed by atoms with E-state index >= 15 is 0 Å². The Kier molecular flexibility index (Phi) is 4.20. The lowest BCUT2D eigenvalue weighted by Crippen LogP contribution is -2.20. The zero-order valence-electron chi connectivity index (χ0n) is 9.56. The number of carboxylic acids is 1. The molecule has 2 rings (SSSR count). The van der Waals surface area contributed by atoms with Gasteiger partial charge in [-0.1, -0.05) is 30.3 Å². The molecular weight excluding hydrogens is 248 g/mol. The first kappa shape index (κ1) is 12.4. The van der Waals surface area contributed by atoms with Gasteiger partial charge in [-0.3, -0.25) is 4.99 Å². The Balaban J connectivity index is 2.07. The molecule has 0 fully saturated rings. The zero-order valence-corrected chi connectivity index (χ0v) is 10.4. The van der Waals surface area contributed by atoms with E-state index < -0.39 is 12.0 Å². The summed E-state index contributed by atoms with van der Waals surface area (Å²) in [4.78, 5) is 19.2. The number of thiazole rings is 1. The van der Waals surface area contributed by atoms with Crippen LogP contribution < -0.4 is 0 Å². The average molecular weight is 260 g/mol. The minimum Gasteiger partial charge on any atom is -0.480 e. The summed E-state index contributed by atoms with van der Waals surface area (Å²) in [5, 5.41) is 11.7. The summed E-state index contributed by atoms with van der Waals surface area (Å²) in [6, 6.07) is 8.70. The first-order valence-electron chi connectivity index (χ1n) is 5.45. The van der Waals surface area contributed by atoms with Crippen LogP contribution in [-0.4, -0.2) is 28.3 Å². The molecule has 0 radical (unpaired) electrons. The molecule has 1 atom stereocenters. The van der Waals surface area contributed by atoms with Crippen molar-refractivity contribution in [3.05, 3.63) is 52.5 Å². The molecule has 5 heteroatoms. The van der Waals surface area contributed by atoms with Crippen LogP contribution >= 0.6 is 11.3 Å². The molecule has 2 aromatic rings. The standard InChI is InChI=1S/C13H12N2O2S/c16-13(17)11(8-10-4-2-1-3-5-10)15-9-12-14-6-7-18-12/h1-7,9,11H,8H2,(H,16,17). The highest BCUT2D eigenvalue weighted by molar-refractivity contribution is 7.11. The molecule has 0 aliphatic rings. The third kappa shape index (κ3) is 3.49. The van der Waals surface area contributed by atoms with Crippen LogP contribution in [0.2, 0.25) is 0 Å². The Bertz CT molecular complexity index is 523. The van der Waals surface area contributed by atoms with Crippen molar-refractivity contribution in [3.8, 4) is 0 Å². The summed E-state index contributed by atoms with van der Waals surface area (Å²) in [6.45, 7) is 0. The van der Waals surface area contributed by atoms with Crippen LogP contribution in [0.3, 0.4) is 0 Å². The van der Waals surface area contributed by atoms with E-state index in [1.54, 1.807) is 6.20 Å². The van der Waals surface area contributed by atoms with Gasteiger partial charge in [-0.15, -0.1) is 11.3 Å². The van der Waals surface area contributed by atoms with Crippen molar-refractivity contribution in [3.63, 3.8) is 0 Å². The lowest BCUT2D eigenvalue weighted by atomic mass is 10.1. The van der Waals surface area contributed by atoms with Crippen LogP contribution in [0.15, 0.2) is 46.9 Å². The fourth-order valence-electron chi connectivity index (χ4n) is 1.49. The van der Waals surface area contributed by atoms with Gasteiger partial charge in [0.05, 0.1) is 6.21 Å². The van der Waals surface area contributed by atoms with Gasteiger partial charge in [-0.05, 0) is 5.56 Å². The van der Waals surface area contributed by atoms with Crippen molar-refractivity contribution in [2.45, 2.75) is 12.5 Å². The Morgan fingerprint density at radius 3 is 2.83 bits per heavy atom. The van der Waals surface area contributed by atoms with Crippen LogP contribution in [0.1, 0.15) is 10.6 Å². The topological polar surface area (TPSA) is 62.5 Å². The Hall–Kier alpha value is -2.01. The molecule has 1 aromatic carbocycles. The number of rotatable bonds is 5. The Morgan fingerprint density at radius 2 is 2.22 bits per heavy atom. The zero-order chi connectivity index (χ0) is 12.8. The van der Waals surface area contributed by atoms with Crippen molar-refractivity contribution in [1.29, 1.82) is 0 Å². The minimum absolute atomic E-state index is 0.387. The number of aliphatic imine (C=N–C) groups is 1. The van der Waals surface area contributed by atoms with Crippen molar-refractivity contribution in [2.24, 2.45) is 4.99 Å². The van der Waals surface area contributed by atoms with Gasteiger partial charge in [0.1, 0.15) is 5.01 Å². The number of carboxylic acid groups (broad SMARTS) is 1. The van der Waals surface area contributed by atoms with E-state index in [1.807, 2.05) is 35.7 Å². The quantitative estimate of drug-likeness (QED) is 0.839. The summed E-state index contributed by atoms with van der Waals surface area (Å²) < 4.78 is 0. The van der Waals surface area contributed by atoms with Gasteiger partial charge in [0.25, 0.3) is 0 Å². The number of aromatic nitrogens is 1. The van der Waals surface area contributed by atoms with Gasteiger partial charge in [0, 0.05) is 18.0 Å². The molecule has 0 bridgehead atoms. The maximum absolute atomic E-state index is 11.1. The van der Waals surface area contributed by atoms with Crippen LogP contribution in [-0.2, 0) is 11.2 Å². The fourth-order valence-corrected chi connectivity index (χ4v) is 2.00. The molecule has 1 heterocycles. The first-order valence-corrected chi connectivity index (χ1v) is 6.33. The molecule has 1 N–H and O–H groups in total. The summed E-state index contributed by atoms with van der Waals surface area (Å²) in [5.74, 6) is -0.924. The number of aliphatic carboxylic acids is 1. The summed E-state index contributed by atoms with van der Waals surface area (Å²) in [5.41, 5.74) is 0.959. The van der Waals surface area contributed by atoms with E-state index in [1.165, 1.54) is 17.6 Å². The second-order valence-electron chi connectivity index (χ2n) is 3.69. The summed E-state index contributed by atoms with van der Waals surface area (Å²) >= 11 is 1.43. The molecule has 0 aliphatic heterocycles. The third-order valence-corrected chi connectivity index (χ3v) is 3.08. The number of benzene rings is 1. The van der Waals surface area contributed by atoms with E-state index in [-0.39, 0.29) is 0 Å². The van der Waals surface area contributed by atoms with Gasteiger partial charge in [0.2, 0.25) is 0 Å². The molecule has 4 nitrogen and oxygen atoms in total. The number of carbonyl (C=O) groups is 1. The molecule has 1 unspecified atom stereocenters. The summed E-state index contributed by atoms with van der Waals surface area (Å²) in [7, 11) is 0. The SMILES string of the molecule is O=C(O)C(Cc1ccccc1)N=Cc1nccs1. The second-order valence-corrected chi connectivity index (χ2v) is 4.62.